The topological polar surface area (TPSA) is 160 Å². The van der Waals surface area contributed by atoms with Gasteiger partial charge in [0.05, 0.1) is 22.2 Å². The number of carbonyl (C=O) groups excluding carboxylic acids is 2. The molecule has 16 heteroatoms. The molecule has 3 saturated heterocycles. The Labute approximate surface area is 299 Å². The maximum absolute atomic E-state index is 11.9. The normalized spacial score (nSPS) is 22.2. The molecule has 2 N–H and O–H groups in total. The van der Waals surface area contributed by atoms with Crippen LogP contribution in [-0.2, 0) is 23.9 Å². The van der Waals surface area contributed by atoms with Crippen LogP contribution < -0.4 is 15.1 Å². The number of piperidine rings is 3. The van der Waals surface area contributed by atoms with Gasteiger partial charge >= 0.3 is 17.9 Å². The number of carboxylic acid groups (broad SMARTS) is 1. The number of carboxylic acids is 1. The van der Waals surface area contributed by atoms with Crippen LogP contribution in [0.25, 0.3) is 0 Å². The maximum Gasteiger partial charge on any atom is 0.329 e. The van der Waals surface area contributed by atoms with Crippen LogP contribution in [0, 0.1) is 0 Å². The van der Waals surface area contributed by atoms with Crippen LogP contribution in [-0.4, -0.2) is 93.4 Å². The van der Waals surface area contributed by atoms with Gasteiger partial charge in [-0.1, -0.05) is 6.42 Å². The Morgan fingerprint density at radius 1 is 0.851 bits per heavy atom. The molecular weight excluding hydrogens is 762 g/mol. The van der Waals surface area contributed by atoms with Crippen molar-refractivity contribution in [3.05, 3.63) is 33.7 Å². The Balaban J connectivity index is 0.000000250. The number of aromatic nitrogens is 4. The number of hydrogen-bond acceptors (Lipinski definition) is 12. The van der Waals surface area contributed by atoms with E-state index in [0.717, 1.165) is 67.0 Å². The van der Waals surface area contributed by atoms with Crippen molar-refractivity contribution in [2.75, 3.05) is 42.6 Å². The Bertz CT molecular complexity index is 1260. The summed E-state index contributed by atoms with van der Waals surface area (Å²) in [5, 5.41) is 12.5. The van der Waals surface area contributed by atoms with Crippen LogP contribution >= 0.6 is 44.3 Å². The molecule has 0 spiro atoms. The van der Waals surface area contributed by atoms with Crippen molar-refractivity contribution in [1.29, 1.82) is 0 Å². The van der Waals surface area contributed by atoms with Gasteiger partial charge in [0.1, 0.15) is 17.6 Å². The molecule has 0 amide bonds. The third kappa shape index (κ3) is 12.1. The maximum atomic E-state index is 11.9. The first-order chi connectivity index (χ1) is 22.1. The average molecular weight is 808 g/mol. The molecular formula is C31H46Br2ClN7O6. The predicted octanol–water partition coefficient (Wildman–Crippen LogP) is 5.35. The van der Waals surface area contributed by atoms with Crippen LogP contribution in [0.15, 0.2) is 33.7 Å². The summed E-state index contributed by atoms with van der Waals surface area (Å²) < 4.78 is 11.6. The van der Waals surface area contributed by atoms with Crippen molar-refractivity contribution in [1.82, 2.24) is 25.3 Å². The molecule has 5 rings (SSSR count). The summed E-state index contributed by atoms with van der Waals surface area (Å²) in [4.78, 5) is 55.1. The molecule has 3 atom stereocenters. The lowest BCUT2D eigenvalue weighted by Crippen LogP contribution is -2.56. The second-order valence-corrected chi connectivity index (χ2v) is 13.1. The van der Waals surface area contributed by atoms with E-state index in [1.54, 1.807) is 36.6 Å². The Kier molecular flexibility index (Phi) is 17.8. The van der Waals surface area contributed by atoms with Gasteiger partial charge in [-0.2, -0.15) is 0 Å². The zero-order chi connectivity index (χ0) is 33.5. The van der Waals surface area contributed by atoms with Gasteiger partial charge in [0.2, 0.25) is 11.9 Å². The summed E-state index contributed by atoms with van der Waals surface area (Å²) in [5.74, 6) is -0.00612. The number of esters is 2. The summed E-state index contributed by atoms with van der Waals surface area (Å²) in [7, 11) is 0. The number of ether oxygens (including phenoxy) is 2. The van der Waals surface area contributed by atoms with E-state index in [-0.39, 0.29) is 36.4 Å². The van der Waals surface area contributed by atoms with Gasteiger partial charge < -0.3 is 29.7 Å². The van der Waals surface area contributed by atoms with E-state index in [9.17, 15) is 19.5 Å². The molecule has 13 nitrogen and oxygen atoms in total. The molecule has 2 aromatic rings. The second kappa shape index (κ2) is 20.7. The molecule has 3 unspecified atom stereocenters. The predicted molar refractivity (Wildman–Crippen MR) is 188 cm³/mol. The van der Waals surface area contributed by atoms with Crippen LogP contribution in [0.5, 0.6) is 0 Å². The van der Waals surface area contributed by atoms with Crippen LogP contribution in [0.4, 0.5) is 11.9 Å². The summed E-state index contributed by atoms with van der Waals surface area (Å²) in [5.41, 5.74) is -0.897. The van der Waals surface area contributed by atoms with Crippen molar-refractivity contribution < 1.29 is 29.0 Å². The minimum Gasteiger partial charge on any atom is -0.480 e. The zero-order valence-corrected chi connectivity index (χ0v) is 31.2. The van der Waals surface area contributed by atoms with Crippen molar-refractivity contribution in [2.24, 2.45) is 0 Å². The summed E-state index contributed by atoms with van der Waals surface area (Å²) in [6, 6.07) is -0.288. The summed E-state index contributed by atoms with van der Waals surface area (Å²) in [6.45, 7) is 8.71. The van der Waals surface area contributed by atoms with E-state index in [1.165, 1.54) is 6.42 Å². The first kappa shape index (κ1) is 40.6. The van der Waals surface area contributed by atoms with Crippen molar-refractivity contribution >= 4 is 74.1 Å². The van der Waals surface area contributed by atoms with Gasteiger partial charge in [-0.05, 0) is 111 Å². The lowest BCUT2D eigenvalue weighted by atomic mass is 9.89. The van der Waals surface area contributed by atoms with E-state index >= 15 is 0 Å². The highest BCUT2D eigenvalue weighted by Crippen LogP contribution is 2.31. The lowest BCUT2D eigenvalue weighted by molar-refractivity contribution is -0.146. The lowest BCUT2D eigenvalue weighted by Gasteiger charge is -2.41. The molecule has 3 aliphatic rings. The third-order valence-corrected chi connectivity index (χ3v) is 8.83. The molecule has 3 fully saturated rings. The van der Waals surface area contributed by atoms with Gasteiger partial charge in [-0.15, -0.1) is 12.4 Å². The van der Waals surface area contributed by atoms with Crippen molar-refractivity contribution in [2.45, 2.75) is 96.2 Å². The minimum atomic E-state index is -0.897. The summed E-state index contributed by atoms with van der Waals surface area (Å²) in [6.07, 6.45) is 15.3. The van der Waals surface area contributed by atoms with Gasteiger partial charge in [0, 0.05) is 37.9 Å². The van der Waals surface area contributed by atoms with Gasteiger partial charge in [-0.25, -0.2) is 29.5 Å². The SMILES string of the molecule is CC1(C(=O)O)CCCCN1c1ncc(Br)cn1.CCOC(=O)C1CCCCN1.CCOC(=O)C1CCCCN1c1ncc(Br)cn1.Cl. The Hall–Kier alpha value is -2.62. The first-order valence-electron chi connectivity index (χ1n) is 15.9. The van der Waals surface area contributed by atoms with E-state index in [2.05, 4.69) is 57.1 Å². The fourth-order valence-corrected chi connectivity index (χ4v) is 5.92. The van der Waals surface area contributed by atoms with Crippen molar-refractivity contribution in [3.8, 4) is 0 Å². The fraction of sp³-hybridized carbons (Fsp3) is 0.645. The number of rotatable bonds is 7. The molecule has 5 heterocycles. The van der Waals surface area contributed by atoms with Gasteiger partial charge in [-0.3, -0.25) is 4.79 Å². The highest BCUT2D eigenvalue weighted by molar-refractivity contribution is 9.10. The second-order valence-electron chi connectivity index (χ2n) is 11.3. The smallest absolute Gasteiger partial charge is 0.329 e. The van der Waals surface area contributed by atoms with Crippen LogP contribution in [0.1, 0.15) is 78.6 Å². The van der Waals surface area contributed by atoms with E-state index in [1.807, 2.05) is 18.7 Å². The number of nitrogens with zero attached hydrogens (tertiary/aromatic N) is 6. The molecule has 0 saturated carbocycles. The molecule has 47 heavy (non-hydrogen) atoms. The van der Waals surface area contributed by atoms with Crippen LogP contribution in [0.2, 0.25) is 0 Å². The molecule has 0 aromatic carbocycles. The first-order valence-corrected chi connectivity index (χ1v) is 17.5. The molecule has 262 valence electrons. The van der Waals surface area contributed by atoms with E-state index < -0.39 is 11.5 Å². The number of nitrogens with one attached hydrogen (secondary N) is 1. The van der Waals surface area contributed by atoms with E-state index in [0.29, 0.717) is 38.1 Å². The highest BCUT2D eigenvalue weighted by atomic mass is 79.9. The molecule has 0 aliphatic carbocycles. The van der Waals surface area contributed by atoms with Gasteiger partial charge in [0.15, 0.2) is 0 Å². The quantitative estimate of drug-likeness (QED) is 0.346. The molecule has 0 radical (unpaired) electrons. The van der Waals surface area contributed by atoms with Gasteiger partial charge in [0.25, 0.3) is 0 Å². The standard InChI is InChI=1S/C12H16BrN3O2.C11H14BrN3O2.C8H15NO2.ClH/c1-2-18-11(17)10-5-3-4-6-16(10)12-14-7-9(13)8-15-12;1-11(9(16)17)4-2-3-5-15(11)10-13-6-8(12)7-14-10;1-2-11-8(10)7-5-3-4-6-9-7;/h7-8,10H,2-6H2,1H3;6-7H,2-5H2,1H3,(H,16,17);7,9H,2-6H2,1H3;1H. The van der Waals surface area contributed by atoms with Crippen LogP contribution in [0.3, 0.4) is 0 Å². The van der Waals surface area contributed by atoms with Crippen molar-refractivity contribution in [3.63, 3.8) is 0 Å². The number of hydrogen-bond donors (Lipinski definition) is 2. The average Bonchev–Trinajstić information content (AvgIpc) is 3.07. The number of halogens is 3. The molecule has 0 bridgehead atoms. The zero-order valence-electron chi connectivity index (χ0n) is 27.2. The summed E-state index contributed by atoms with van der Waals surface area (Å²) >= 11 is 6.57. The monoisotopic (exact) mass is 805 g/mol. The highest BCUT2D eigenvalue weighted by Gasteiger charge is 2.42. The Morgan fingerprint density at radius 2 is 1.40 bits per heavy atom. The van der Waals surface area contributed by atoms with E-state index in [4.69, 9.17) is 9.47 Å². The molecule has 3 aliphatic heterocycles. The molecule has 2 aromatic heterocycles. The fourth-order valence-electron chi connectivity index (χ4n) is 5.51. The number of aliphatic carboxylic acids is 1. The third-order valence-electron chi connectivity index (χ3n) is 8.01. The minimum absolute atomic E-state index is 0. The Morgan fingerprint density at radius 3 is 1.96 bits per heavy atom. The largest absolute Gasteiger partial charge is 0.480 e. The number of anilines is 2. The number of carbonyl (C=O) groups is 3.